The van der Waals surface area contributed by atoms with Crippen LogP contribution in [-0.4, -0.2) is 10.5 Å². The van der Waals surface area contributed by atoms with Gasteiger partial charge in [-0.3, -0.25) is 0 Å². The van der Waals surface area contributed by atoms with Crippen molar-refractivity contribution in [3.63, 3.8) is 0 Å². The number of thiazole rings is 1. The van der Waals surface area contributed by atoms with Gasteiger partial charge in [0, 0.05) is 16.9 Å². The lowest BCUT2D eigenvalue weighted by Gasteiger charge is -2.07. The molecule has 1 heterocycles. The SMILES string of the molecule is C=CCn1c(-c2ccc(Cl)cc2)csc1=Nc1ccc(C(=O)[O-])cc1. The molecule has 4 nitrogen and oxygen atoms in total. The van der Waals surface area contributed by atoms with Gasteiger partial charge in [-0.2, -0.15) is 0 Å². The van der Waals surface area contributed by atoms with Crippen molar-refractivity contribution in [1.29, 1.82) is 0 Å². The van der Waals surface area contributed by atoms with Gasteiger partial charge in [-0.05, 0) is 35.4 Å². The van der Waals surface area contributed by atoms with Crippen LogP contribution in [0.5, 0.6) is 0 Å². The molecule has 0 radical (unpaired) electrons. The lowest BCUT2D eigenvalue weighted by atomic mass is 10.2. The fourth-order valence-electron chi connectivity index (χ4n) is 2.36. The first-order valence-electron chi connectivity index (χ1n) is 7.50. The molecule has 1 aromatic heterocycles. The van der Waals surface area contributed by atoms with E-state index in [2.05, 4.69) is 11.6 Å². The van der Waals surface area contributed by atoms with Crippen LogP contribution in [0.25, 0.3) is 11.3 Å². The molecule has 0 atom stereocenters. The molecule has 0 aliphatic rings. The molecule has 0 spiro atoms. The van der Waals surface area contributed by atoms with Gasteiger partial charge in [-0.1, -0.05) is 41.9 Å². The number of carbonyl (C=O) groups excluding carboxylic acids is 1. The number of carbonyl (C=O) groups is 1. The van der Waals surface area contributed by atoms with Crippen LogP contribution in [0.3, 0.4) is 0 Å². The highest BCUT2D eigenvalue weighted by Crippen LogP contribution is 2.23. The second-order valence-corrected chi connectivity index (χ2v) is 6.53. The number of carboxylic acid groups (broad SMARTS) is 1. The van der Waals surface area contributed by atoms with Crippen molar-refractivity contribution in [1.82, 2.24) is 4.57 Å². The Kier molecular flexibility index (Phi) is 5.16. The van der Waals surface area contributed by atoms with E-state index < -0.39 is 5.97 Å². The molecule has 2 aromatic carbocycles. The van der Waals surface area contributed by atoms with Gasteiger partial charge in [0.2, 0.25) is 0 Å². The van der Waals surface area contributed by atoms with Gasteiger partial charge in [0.1, 0.15) is 0 Å². The molecule has 0 saturated carbocycles. The van der Waals surface area contributed by atoms with Crippen LogP contribution in [0.1, 0.15) is 10.4 Å². The number of rotatable bonds is 5. The first-order valence-corrected chi connectivity index (χ1v) is 8.75. The van der Waals surface area contributed by atoms with E-state index in [4.69, 9.17) is 11.6 Å². The van der Waals surface area contributed by atoms with E-state index in [0.717, 1.165) is 16.1 Å². The number of hydrogen-bond donors (Lipinski definition) is 0. The zero-order valence-corrected chi connectivity index (χ0v) is 14.8. The Morgan fingerprint density at radius 1 is 1.20 bits per heavy atom. The van der Waals surface area contributed by atoms with Crippen LogP contribution in [0.15, 0.2) is 71.6 Å². The van der Waals surface area contributed by atoms with Crippen molar-refractivity contribution in [3.05, 3.63) is 82.0 Å². The second-order valence-electron chi connectivity index (χ2n) is 5.26. The molecule has 3 aromatic rings. The summed E-state index contributed by atoms with van der Waals surface area (Å²) in [5, 5.41) is 13.5. The highest BCUT2D eigenvalue weighted by molar-refractivity contribution is 7.07. The minimum atomic E-state index is -1.20. The minimum Gasteiger partial charge on any atom is -0.545 e. The summed E-state index contributed by atoms with van der Waals surface area (Å²) in [7, 11) is 0. The van der Waals surface area contributed by atoms with Crippen LogP contribution in [-0.2, 0) is 6.54 Å². The zero-order valence-electron chi connectivity index (χ0n) is 13.2. The van der Waals surface area contributed by atoms with E-state index >= 15 is 0 Å². The lowest BCUT2D eigenvalue weighted by molar-refractivity contribution is -0.255. The Balaban J connectivity index is 2.05. The van der Waals surface area contributed by atoms with Crippen LogP contribution >= 0.6 is 22.9 Å². The number of allylic oxidation sites excluding steroid dienone is 1. The third-order valence-corrected chi connectivity index (χ3v) is 4.69. The summed E-state index contributed by atoms with van der Waals surface area (Å²) < 4.78 is 2.05. The Morgan fingerprint density at radius 2 is 1.88 bits per heavy atom. The van der Waals surface area contributed by atoms with Crippen molar-refractivity contribution in [2.75, 3.05) is 0 Å². The third-order valence-electron chi connectivity index (χ3n) is 3.58. The van der Waals surface area contributed by atoms with Crippen LogP contribution in [0.4, 0.5) is 5.69 Å². The number of halogens is 1. The summed E-state index contributed by atoms with van der Waals surface area (Å²) >= 11 is 7.47. The summed E-state index contributed by atoms with van der Waals surface area (Å²) in [4.78, 5) is 16.2. The predicted octanol–water partition coefficient (Wildman–Crippen LogP) is 3.65. The van der Waals surface area contributed by atoms with E-state index in [-0.39, 0.29) is 5.56 Å². The quantitative estimate of drug-likeness (QED) is 0.644. The largest absolute Gasteiger partial charge is 0.545 e. The standard InChI is InChI=1S/C19H15ClN2O2S/c1-2-11-22-17(13-3-7-15(20)8-4-13)12-25-19(22)21-16-9-5-14(6-10-16)18(23)24/h2-10,12H,1,11H2,(H,23,24)/p-1. The minimum absolute atomic E-state index is 0.131. The topological polar surface area (TPSA) is 57.4 Å². The highest BCUT2D eigenvalue weighted by atomic mass is 35.5. The fraction of sp³-hybridized carbons (Fsp3) is 0.0526. The molecule has 0 fully saturated rings. The summed E-state index contributed by atoms with van der Waals surface area (Å²) in [6, 6.07) is 13.9. The van der Waals surface area contributed by atoms with Crippen molar-refractivity contribution in [2.45, 2.75) is 6.54 Å². The molecule has 0 unspecified atom stereocenters. The van der Waals surface area contributed by atoms with Crippen molar-refractivity contribution >= 4 is 34.6 Å². The second kappa shape index (κ2) is 7.51. The molecule has 0 amide bonds. The summed E-state index contributed by atoms with van der Waals surface area (Å²) in [5.41, 5.74) is 2.86. The highest BCUT2D eigenvalue weighted by Gasteiger charge is 2.07. The van der Waals surface area contributed by atoms with Gasteiger partial charge < -0.3 is 14.5 Å². The normalized spacial score (nSPS) is 11.5. The van der Waals surface area contributed by atoms with E-state index in [9.17, 15) is 9.90 Å². The predicted molar refractivity (Wildman–Crippen MR) is 98.9 cm³/mol. The maximum absolute atomic E-state index is 10.8. The monoisotopic (exact) mass is 369 g/mol. The Hall–Kier alpha value is -2.63. The molecule has 25 heavy (non-hydrogen) atoms. The first kappa shape index (κ1) is 17.2. The molecule has 0 saturated heterocycles. The molecule has 0 aliphatic heterocycles. The number of aromatic carboxylic acids is 1. The Bertz CT molecular complexity index is 970. The van der Waals surface area contributed by atoms with Crippen LogP contribution in [0.2, 0.25) is 5.02 Å². The summed E-state index contributed by atoms with van der Waals surface area (Å²) in [6.07, 6.45) is 1.81. The van der Waals surface area contributed by atoms with Crippen LogP contribution < -0.4 is 9.91 Å². The van der Waals surface area contributed by atoms with Crippen molar-refractivity contribution in [3.8, 4) is 11.3 Å². The third kappa shape index (κ3) is 3.90. The van der Waals surface area contributed by atoms with E-state index in [1.165, 1.54) is 23.5 Å². The molecule has 3 rings (SSSR count). The average molecular weight is 370 g/mol. The van der Waals surface area contributed by atoms with Crippen molar-refractivity contribution < 1.29 is 9.90 Å². The maximum atomic E-state index is 10.8. The van der Waals surface area contributed by atoms with Gasteiger partial charge in [0.25, 0.3) is 0 Å². The lowest BCUT2D eigenvalue weighted by Crippen LogP contribution is -2.21. The molecular formula is C19H14ClN2O2S-. The summed E-state index contributed by atoms with van der Waals surface area (Å²) in [6.45, 7) is 4.42. The number of nitrogens with zero attached hydrogens (tertiary/aromatic N) is 2. The first-order chi connectivity index (χ1) is 12.1. The zero-order chi connectivity index (χ0) is 17.8. The number of hydrogen-bond acceptors (Lipinski definition) is 4. The average Bonchev–Trinajstić information content (AvgIpc) is 2.99. The Labute approximate surface area is 154 Å². The maximum Gasteiger partial charge on any atom is 0.190 e. The van der Waals surface area contributed by atoms with E-state index in [1.807, 2.05) is 40.3 Å². The van der Waals surface area contributed by atoms with Crippen LogP contribution in [0, 0.1) is 0 Å². The molecule has 0 aliphatic carbocycles. The van der Waals surface area contributed by atoms with E-state index in [1.54, 1.807) is 12.1 Å². The van der Waals surface area contributed by atoms with Crippen molar-refractivity contribution in [2.24, 2.45) is 4.99 Å². The van der Waals surface area contributed by atoms with Gasteiger partial charge >= 0.3 is 0 Å². The fourth-order valence-corrected chi connectivity index (χ4v) is 3.42. The Morgan fingerprint density at radius 3 is 2.48 bits per heavy atom. The van der Waals surface area contributed by atoms with Gasteiger partial charge in [-0.25, -0.2) is 4.99 Å². The summed E-state index contributed by atoms with van der Waals surface area (Å²) in [5.74, 6) is -1.20. The smallest absolute Gasteiger partial charge is 0.190 e. The molecule has 0 bridgehead atoms. The molecule has 6 heteroatoms. The van der Waals surface area contributed by atoms with Gasteiger partial charge in [0.15, 0.2) is 4.80 Å². The van der Waals surface area contributed by atoms with Gasteiger partial charge in [-0.15, -0.1) is 17.9 Å². The number of aromatic nitrogens is 1. The molecular weight excluding hydrogens is 356 g/mol. The van der Waals surface area contributed by atoms with Gasteiger partial charge in [0.05, 0.1) is 17.4 Å². The molecule has 126 valence electrons. The van der Waals surface area contributed by atoms with E-state index in [0.29, 0.717) is 17.3 Å². The molecule has 0 N–H and O–H groups in total. The number of carboxylic acids is 1. The number of benzene rings is 2.